The molecular formula is C6H12NO6P. The van der Waals surface area contributed by atoms with E-state index in [1.54, 1.807) is 0 Å². The Labute approximate surface area is 80.1 Å². The van der Waals surface area contributed by atoms with Crippen LogP contribution in [0.25, 0.3) is 0 Å². The third kappa shape index (κ3) is 3.04. The van der Waals surface area contributed by atoms with Gasteiger partial charge >= 0.3 is 13.6 Å². The van der Waals surface area contributed by atoms with E-state index < -0.39 is 32.0 Å². The lowest BCUT2D eigenvalue weighted by molar-refractivity contribution is -0.141. The topological polar surface area (TPSA) is 118 Å². The number of likely N-dealkylation sites (tertiary alicyclic amines) is 1. The number of aliphatic hydroxyl groups is 1. The second-order valence-electron chi connectivity index (χ2n) is 3.32. The van der Waals surface area contributed by atoms with Crippen LogP contribution in [0.2, 0.25) is 0 Å². The zero-order chi connectivity index (χ0) is 10.9. The van der Waals surface area contributed by atoms with Gasteiger partial charge in [-0.25, -0.2) is 0 Å². The number of rotatable bonds is 3. The average molecular weight is 225 g/mol. The Hall–Kier alpha value is -0.460. The molecule has 1 saturated heterocycles. The SMILES string of the molecule is O=C(O)[C@@H]1CC(O)CN1CP(=O)(O)O. The van der Waals surface area contributed by atoms with Crippen LogP contribution < -0.4 is 0 Å². The van der Waals surface area contributed by atoms with Crippen LogP contribution in [0.1, 0.15) is 6.42 Å². The molecule has 0 aromatic carbocycles. The average Bonchev–Trinajstić information content (AvgIpc) is 2.27. The minimum atomic E-state index is -4.27. The fourth-order valence-corrected chi connectivity index (χ4v) is 2.32. The van der Waals surface area contributed by atoms with Crippen LogP contribution in [0.4, 0.5) is 0 Å². The second kappa shape index (κ2) is 3.96. The molecule has 0 spiro atoms. The number of carboxylic acids is 1. The van der Waals surface area contributed by atoms with E-state index >= 15 is 0 Å². The van der Waals surface area contributed by atoms with Crippen LogP contribution in [0.15, 0.2) is 0 Å². The summed E-state index contributed by atoms with van der Waals surface area (Å²) in [6.45, 7) is -0.0118. The van der Waals surface area contributed by atoms with Gasteiger partial charge in [-0.3, -0.25) is 14.3 Å². The highest BCUT2D eigenvalue weighted by Gasteiger charge is 2.38. The summed E-state index contributed by atoms with van der Waals surface area (Å²) in [6, 6.07) is -1.00. The monoisotopic (exact) mass is 225 g/mol. The van der Waals surface area contributed by atoms with Gasteiger partial charge in [-0.2, -0.15) is 0 Å². The van der Waals surface area contributed by atoms with Crippen molar-refractivity contribution in [3.8, 4) is 0 Å². The third-order valence-corrected chi connectivity index (χ3v) is 2.76. The maximum atomic E-state index is 10.6. The van der Waals surface area contributed by atoms with Crippen LogP contribution in [-0.4, -0.2) is 55.8 Å². The Morgan fingerprint density at radius 2 is 2.07 bits per heavy atom. The normalized spacial score (nSPS) is 29.4. The van der Waals surface area contributed by atoms with Gasteiger partial charge in [0.1, 0.15) is 12.3 Å². The van der Waals surface area contributed by atoms with Crippen LogP contribution in [0.3, 0.4) is 0 Å². The summed E-state index contributed by atoms with van der Waals surface area (Å²) in [5.41, 5.74) is 0. The molecule has 14 heavy (non-hydrogen) atoms. The molecule has 0 aromatic heterocycles. The van der Waals surface area contributed by atoms with Crippen molar-refractivity contribution >= 4 is 13.6 Å². The summed E-state index contributed by atoms with van der Waals surface area (Å²) >= 11 is 0. The standard InChI is InChI=1S/C6H12NO6P/c8-4-1-5(6(9)10)7(2-4)3-14(11,12)13/h4-5,8H,1-3H2,(H,9,10)(H2,11,12,13)/t4?,5-/m0/s1. The minimum Gasteiger partial charge on any atom is -0.480 e. The van der Waals surface area contributed by atoms with Crippen molar-refractivity contribution in [2.24, 2.45) is 0 Å². The van der Waals surface area contributed by atoms with Gasteiger partial charge < -0.3 is 20.0 Å². The highest BCUT2D eigenvalue weighted by Crippen LogP contribution is 2.37. The molecule has 1 unspecified atom stereocenters. The Morgan fingerprint density at radius 3 is 2.50 bits per heavy atom. The maximum absolute atomic E-state index is 10.6. The van der Waals surface area contributed by atoms with Crippen molar-refractivity contribution in [1.82, 2.24) is 4.90 Å². The predicted molar refractivity (Wildman–Crippen MR) is 45.7 cm³/mol. The molecule has 1 aliphatic rings. The van der Waals surface area contributed by atoms with Crippen LogP contribution in [-0.2, 0) is 9.36 Å². The zero-order valence-electron chi connectivity index (χ0n) is 7.28. The van der Waals surface area contributed by atoms with E-state index in [4.69, 9.17) is 20.0 Å². The summed E-state index contributed by atoms with van der Waals surface area (Å²) in [5.74, 6) is -1.17. The van der Waals surface area contributed by atoms with Crippen LogP contribution in [0.5, 0.6) is 0 Å². The molecule has 0 radical (unpaired) electrons. The molecule has 0 aromatic rings. The molecule has 1 fully saturated rings. The number of carboxylic acid groups (broad SMARTS) is 1. The van der Waals surface area contributed by atoms with Crippen molar-refractivity contribution in [1.29, 1.82) is 0 Å². The smallest absolute Gasteiger partial charge is 0.339 e. The van der Waals surface area contributed by atoms with Gasteiger partial charge in [-0.05, 0) is 0 Å². The summed E-state index contributed by atoms with van der Waals surface area (Å²) in [7, 11) is -4.27. The number of hydrogen-bond donors (Lipinski definition) is 4. The molecule has 1 aliphatic heterocycles. The number of carbonyl (C=O) groups is 1. The highest BCUT2D eigenvalue weighted by atomic mass is 31.2. The number of β-amino-alcohol motifs (C(OH)–C–C–N with tert-alkyl or cyclic N) is 1. The molecular weight excluding hydrogens is 213 g/mol. The van der Waals surface area contributed by atoms with Gasteiger partial charge in [0.05, 0.1) is 6.10 Å². The zero-order valence-corrected chi connectivity index (χ0v) is 8.17. The molecule has 7 nitrogen and oxygen atoms in total. The van der Waals surface area contributed by atoms with Crippen LogP contribution in [0, 0.1) is 0 Å². The quantitative estimate of drug-likeness (QED) is 0.438. The summed E-state index contributed by atoms with van der Waals surface area (Å²) in [4.78, 5) is 29.0. The molecule has 0 amide bonds. The molecule has 4 N–H and O–H groups in total. The van der Waals surface area contributed by atoms with E-state index in [-0.39, 0.29) is 13.0 Å². The Kier molecular flexibility index (Phi) is 3.28. The molecule has 0 aliphatic carbocycles. The molecule has 0 saturated carbocycles. The first-order valence-electron chi connectivity index (χ1n) is 3.99. The van der Waals surface area contributed by atoms with Crippen LogP contribution >= 0.6 is 7.60 Å². The highest BCUT2D eigenvalue weighted by molar-refractivity contribution is 7.51. The number of aliphatic carboxylic acids is 1. The lowest BCUT2D eigenvalue weighted by Gasteiger charge is -2.20. The summed E-state index contributed by atoms with van der Waals surface area (Å²) in [6.07, 6.45) is -1.45. The number of aliphatic hydroxyl groups excluding tert-OH is 1. The first kappa shape index (κ1) is 11.6. The fourth-order valence-electron chi connectivity index (χ4n) is 1.53. The van der Waals surface area contributed by atoms with E-state index in [1.165, 1.54) is 0 Å². The van der Waals surface area contributed by atoms with Crippen molar-refractivity contribution in [2.75, 3.05) is 12.8 Å². The molecule has 1 heterocycles. The van der Waals surface area contributed by atoms with Gasteiger partial charge in [0, 0.05) is 13.0 Å². The first-order valence-corrected chi connectivity index (χ1v) is 5.79. The molecule has 2 atom stereocenters. The van der Waals surface area contributed by atoms with Crippen molar-refractivity contribution in [2.45, 2.75) is 18.6 Å². The maximum Gasteiger partial charge on any atom is 0.339 e. The van der Waals surface area contributed by atoms with Gasteiger partial charge in [-0.1, -0.05) is 0 Å². The summed E-state index contributed by atoms with van der Waals surface area (Å²) in [5, 5.41) is 17.9. The molecule has 8 heteroatoms. The third-order valence-electron chi connectivity index (χ3n) is 2.03. The Morgan fingerprint density at radius 1 is 1.50 bits per heavy atom. The lowest BCUT2D eigenvalue weighted by atomic mass is 10.2. The van der Waals surface area contributed by atoms with E-state index in [0.29, 0.717) is 0 Å². The molecule has 1 rings (SSSR count). The fraction of sp³-hybridized carbons (Fsp3) is 0.833. The first-order chi connectivity index (χ1) is 6.29. The van der Waals surface area contributed by atoms with Crippen molar-refractivity contribution in [3.05, 3.63) is 0 Å². The number of hydrogen-bond acceptors (Lipinski definition) is 4. The Bertz CT molecular complexity index is 275. The van der Waals surface area contributed by atoms with E-state index in [9.17, 15) is 9.36 Å². The lowest BCUT2D eigenvalue weighted by Crippen LogP contribution is -2.36. The van der Waals surface area contributed by atoms with E-state index in [1.807, 2.05) is 0 Å². The Balaban J connectivity index is 2.67. The van der Waals surface area contributed by atoms with Crippen molar-refractivity contribution < 1.29 is 29.4 Å². The van der Waals surface area contributed by atoms with Gasteiger partial charge in [0.25, 0.3) is 0 Å². The largest absolute Gasteiger partial charge is 0.480 e. The second-order valence-corrected chi connectivity index (χ2v) is 4.93. The summed E-state index contributed by atoms with van der Waals surface area (Å²) < 4.78 is 10.6. The van der Waals surface area contributed by atoms with E-state index in [0.717, 1.165) is 4.90 Å². The van der Waals surface area contributed by atoms with Crippen molar-refractivity contribution in [3.63, 3.8) is 0 Å². The van der Waals surface area contributed by atoms with Gasteiger partial charge in [0.15, 0.2) is 0 Å². The molecule has 82 valence electrons. The van der Waals surface area contributed by atoms with E-state index in [2.05, 4.69) is 0 Å². The number of nitrogens with zero attached hydrogens (tertiary/aromatic N) is 1. The van der Waals surface area contributed by atoms with Gasteiger partial charge in [0.2, 0.25) is 0 Å². The predicted octanol–water partition coefficient (Wildman–Crippen LogP) is -1.36. The minimum absolute atomic E-state index is 0.00926. The van der Waals surface area contributed by atoms with Gasteiger partial charge in [-0.15, -0.1) is 0 Å². The molecule has 0 bridgehead atoms.